The van der Waals surface area contributed by atoms with Crippen molar-refractivity contribution in [2.24, 2.45) is 16.6 Å². The summed E-state index contributed by atoms with van der Waals surface area (Å²) in [7, 11) is 0. The Bertz CT molecular complexity index is 1290. The van der Waals surface area contributed by atoms with E-state index in [1.165, 1.54) is 16.8 Å². The van der Waals surface area contributed by atoms with Gasteiger partial charge in [0.2, 0.25) is 5.91 Å². The van der Waals surface area contributed by atoms with Crippen molar-refractivity contribution in [1.29, 1.82) is 0 Å². The molecule has 1 aliphatic rings. The number of nitrogens with two attached hydrogens (primary N) is 1. The number of nitrogens with one attached hydrogen (secondary N) is 3. The molecule has 0 spiro atoms. The summed E-state index contributed by atoms with van der Waals surface area (Å²) in [5.41, 5.74) is 11.7. The fraction of sp³-hybridized carbons (Fsp3) is 0.444. The van der Waals surface area contributed by atoms with Crippen LogP contribution in [0.4, 0.5) is 11.4 Å². The minimum Gasteiger partial charge on any atom is -0.383 e. The van der Waals surface area contributed by atoms with Gasteiger partial charge in [0.05, 0.1) is 5.54 Å². The molecule has 0 radical (unpaired) electrons. The van der Waals surface area contributed by atoms with E-state index < -0.39 is 0 Å². The highest BCUT2D eigenvalue weighted by molar-refractivity contribution is 5.98. The van der Waals surface area contributed by atoms with Crippen LogP contribution >= 0.6 is 0 Å². The number of carbonyl (C=O) groups is 1. The number of hydrogen-bond acceptors (Lipinski definition) is 5. The van der Waals surface area contributed by atoms with Crippen LogP contribution in [0.15, 0.2) is 83.9 Å². The van der Waals surface area contributed by atoms with Gasteiger partial charge in [-0.1, -0.05) is 56.3 Å². The van der Waals surface area contributed by atoms with Crippen LogP contribution in [0.3, 0.4) is 0 Å². The standard InChI is InChI=1S/C36H50N6O/c1-4-36(3,28(2)21-22-39-27-30-9-6-5-7-10-30)41-35(37)31-15-17-32(18-16-31)40-34(43)12-8-11-29-13-19-33(20-14-29)42-25-23-38-24-26-42/h5-7,9-10,13-20,28,38-39H,4,8,11-12,21-27H2,1-3H3,(H2,37,41)(H,40,43)/t28?,36-/m0/s1. The number of rotatable bonds is 15. The highest BCUT2D eigenvalue weighted by atomic mass is 16.1. The molecule has 0 aliphatic carbocycles. The number of hydrogen-bond donors (Lipinski definition) is 4. The molecular formula is C36H50N6O. The summed E-state index contributed by atoms with van der Waals surface area (Å²) in [6, 6.07) is 26.9. The summed E-state index contributed by atoms with van der Waals surface area (Å²) in [5, 5.41) is 9.97. The third-order valence-electron chi connectivity index (χ3n) is 8.83. The van der Waals surface area contributed by atoms with Crippen molar-refractivity contribution in [2.75, 3.05) is 42.9 Å². The average Bonchev–Trinajstić information content (AvgIpc) is 3.04. The van der Waals surface area contributed by atoms with E-state index in [9.17, 15) is 4.79 Å². The van der Waals surface area contributed by atoms with Crippen molar-refractivity contribution in [3.05, 3.63) is 95.6 Å². The first kappa shape index (κ1) is 32.2. The van der Waals surface area contributed by atoms with Gasteiger partial charge < -0.3 is 26.6 Å². The molecule has 3 aromatic rings. The van der Waals surface area contributed by atoms with Crippen LogP contribution in [-0.2, 0) is 17.8 Å². The van der Waals surface area contributed by atoms with E-state index in [4.69, 9.17) is 10.7 Å². The first-order valence-corrected chi connectivity index (χ1v) is 15.9. The zero-order valence-electron chi connectivity index (χ0n) is 26.2. The number of carbonyl (C=O) groups excluding carboxylic acids is 1. The molecule has 1 amide bonds. The highest BCUT2D eigenvalue weighted by Gasteiger charge is 2.29. The first-order chi connectivity index (χ1) is 20.9. The quantitative estimate of drug-likeness (QED) is 0.104. The molecular weight excluding hydrogens is 532 g/mol. The van der Waals surface area contributed by atoms with Gasteiger partial charge in [0.25, 0.3) is 0 Å². The number of anilines is 2. The maximum absolute atomic E-state index is 12.6. The van der Waals surface area contributed by atoms with Crippen LogP contribution in [0.1, 0.15) is 63.1 Å². The number of benzene rings is 3. The molecule has 1 aliphatic heterocycles. The van der Waals surface area contributed by atoms with Gasteiger partial charge in [0.15, 0.2) is 0 Å². The SMILES string of the molecule is CC[C@](C)(N=C(N)c1ccc(NC(=O)CCCc2ccc(N3CCNCC3)cc2)cc1)C(C)CCNCc1ccccc1. The molecule has 7 heteroatoms. The van der Waals surface area contributed by atoms with Crippen LogP contribution in [0.2, 0.25) is 0 Å². The molecule has 1 unspecified atom stereocenters. The van der Waals surface area contributed by atoms with Crippen molar-refractivity contribution in [3.8, 4) is 0 Å². The van der Waals surface area contributed by atoms with E-state index in [1.54, 1.807) is 0 Å². The van der Waals surface area contributed by atoms with E-state index in [0.717, 1.165) is 76.2 Å². The van der Waals surface area contributed by atoms with Crippen molar-refractivity contribution in [3.63, 3.8) is 0 Å². The Labute approximate surface area is 258 Å². The van der Waals surface area contributed by atoms with Crippen molar-refractivity contribution < 1.29 is 4.79 Å². The molecule has 2 atom stereocenters. The highest BCUT2D eigenvalue weighted by Crippen LogP contribution is 2.29. The Morgan fingerprint density at radius 2 is 1.70 bits per heavy atom. The van der Waals surface area contributed by atoms with Crippen molar-refractivity contribution in [2.45, 2.75) is 65.0 Å². The Morgan fingerprint density at radius 3 is 2.37 bits per heavy atom. The Kier molecular flexibility index (Phi) is 12.2. The molecule has 1 heterocycles. The maximum Gasteiger partial charge on any atom is 0.224 e. The lowest BCUT2D eigenvalue weighted by Crippen LogP contribution is -2.43. The summed E-state index contributed by atoms with van der Waals surface area (Å²) in [6.07, 6.45) is 4.10. The normalized spacial score (nSPS) is 16.0. The van der Waals surface area contributed by atoms with E-state index in [1.807, 2.05) is 30.3 Å². The van der Waals surface area contributed by atoms with Crippen LogP contribution in [0, 0.1) is 5.92 Å². The van der Waals surface area contributed by atoms with Crippen LogP contribution in [-0.4, -0.2) is 50.0 Å². The second-order valence-corrected chi connectivity index (χ2v) is 11.9. The summed E-state index contributed by atoms with van der Waals surface area (Å²) in [4.78, 5) is 20.0. The molecule has 0 saturated carbocycles. The lowest BCUT2D eigenvalue weighted by Gasteiger charge is -2.32. The average molecular weight is 583 g/mol. The van der Waals surface area contributed by atoms with E-state index in [-0.39, 0.29) is 11.4 Å². The molecule has 0 aromatic heterocycles. The predicted molar refractivity (Wildman–Crippen MR) is 181 cm³/mol. The third kappa shape index (κ3) is 9.94. The first-order valence-electron chi connectivity index (χ1n) is 15.9. The van der Waals surface area contributed by atoms with Gasteiger partial charge >= 0.3 is 0 Å². The second kappa shape index (κ2) is 16.2. The summed E-state index contributed by atoms with van der Waals surface area (Å²) in [6.45, 7) is 12.6. The minimum atomic E-state index is -0.253. The molecule has 3 aromatic carbocycles. The Hall–Kier alpha value is -3.68. The van der Waals surface area contributed by atoms with Gasteiger partial charge in [-0.15, -0.1) is 0 Å². The molecule has 5 N–H and O–H groups in total. The van der Waals surface area contributed by atoms with E-state index >= 15 is 0 Å². The third-order valence-corrected chi connectivity index (χ3v) is 8.83. The molecule has 4 rings (SSSR count). The summed E-state index contributed by atoms with van der Waals surface area (Å²) in [5.74, 6) is 0.928. The van der Waals surface area contributed by atoms with Gasteiger partial charge in [-0.05, 0) is 92.6 Å². The van der Waals surface area contributed by atoms with Crippen molar-refractivity contribution >= 4 is 23.1 Å². The predicted octanol–water partition coefficient (Wildman–Crippen LogP) is 5.75. The Morgan fingerprint density at radius 1 is 1.00 bits per heavy atom. The molecule has 0 bridgehead atoms. The number of piperazine rings is 1. The molecule has 1 fully saturated rings. The van der Waals surface area contributed by atoms with Crippen LogP contribution in [0.5, 0.6) is 0 Å². The summed E-state index contributed by atoms with van der Waals surface area (Å²) >= 11 is 0. The number of nitrogens with zero attached hydrogens (tertiary/aromatic N) is 2. The molecule has 230 valence electrons. The van der Waals surface area contributed by atoms with Gasteiger partial charge in [0.1, 0.15) is 5.84 Å². The largest absolute Gasteiger partial charge is 0.383 e. The van der Waals surface area contributed by atoms with E-state index in [2.05, 4.69) is 90.2 Å². The van der Waals surface area contributed by atoms with Crippen LogP contribution in [0.25, 0.3) is 0 Å². The van der Waals surface area contributed by atoms with Gasteiger partial charge in [-0.25, -0.2) is 0 Å². The zero-order valence-corrected chi connectivity index (χ0v) is 26.2. The lowest BCUT2D eigenvalue weighted by atomic mass is 9.83. The minimum absolute atomic E-state index is 0.0279. The zero-order chi connectivity index (χ0) is 30.5. The molecule has 43 heavy (non-hydrogen) atoms. The molecule has 1 saturated heterocycles. The number of aliphatic imine (C=N–C) groups is 1. The van der Waals surface area contributed by atoms with Crippen molar-refractivity contribution in [1.82, 2.24) is 10.6 Å². The number of aryl methyl sites for hydroxylation is 1. The van der Waals surface area contributed by atoms with Gasteiger partial charge in [-0.3, -0.25) is 9.79 Å². The maximum atomic E-state index is 12.6. The Balaban J connectivity index is 1.21. The lowest BCUT2D eigenvalue weighted by molar-refractivity contribution is -0.116. The second-order valence-electron chi connectivity index (χ2n) is 11.9. The fourth-order valence-corrected chi connectivity index (χ4v) is 5.53. The smallest absolute Gasteiger partial charge is 0.224 e. The van der Waals surface area contributed by atoms with Crippen LogP contribution < -0.4 is 26.6 Å². The summed E-state index contributed by atoms with van der Waals surface area (Å²) < 4.78 is 0. The molecule has 7 nitrogen and oxygen atoms in total. The number of amides is 1. The fourth-order valence-electron chi connectivity index (χ4n) is 5.53. The van der Waals surface area contributed by atoms with Gasteiger partial charge in [-0.2, -0.15) is 0 Å². The van der Waals surface area contributed by atoms with E-state index in [0.29, 0.717) is 18.2 Å². The topological polar surface area (TPSA) is 94.8 Å². The van der Waals surface area contributed by atoms with Gasteiger partial charge in [0, 0.05) is 56.1 Å². The number of amidine groups is 1. The monoisotopic (exact) mass is 582 g/mol.